The largest absolute Gasteiger partial charge is 0.494 e. The fourth-order valence-corrected chi connectivity index (χ4v) is 3.65. The van der Waals surface area contributed by atoms with E-state index < -0.39 is 0 Å². The van der Waals surface area contributed by atoms with Crippen molar-refractivity contribution >= 4 is 32.6 Å². The zero-order chi connectivity index (χ0) is 19.4. The second-order valence-electron chi connectivity index (χ2n) is 6.48. The summed E-state index contributed by atoms with van der Waals surface area (Å²) in [5.74, 6) is 0.244. The number of anilines is 1. The molecule has 5 nitrogen and oxygen atoms in total. The van der Waals surface area contributed by atoms with Crippen LogP contribution in [-0.4, -0.2) is 44.7 Å². The summed E-state index contributed by atoms with van der Waals surface area (Å²) in [5, 5.41) is 0.634. The van der Waals surface area contributed by atoms with E-state index in [-0.39, 0.29) is 11.7 Å². The average Bonchev–Trinajstić information content (AvgIpc) is 3.05. The molecule has 0 bridgehead atoms. The van der Waals surface area contributed by atoms with Crippen molar-refractivity contribution in [2.45, 2.75) is 6.92 Å². The summed E-state index contributed by atoms with van der Waals surface area (Å²) >= 11 is 1.45. The molecule has 1 heterocycles. The number of halogens is 1. The van der Waals surface area contributed by atoms with Gasteiger partial charge in [-0.2, -0.15) is 0 Å². The molecule has 0 aliphatic rings. The molecule has 0 aliphatic carbocycles. The number of quaternary nitrogens is 1. The molecule has 0 unspecified atom stereocenters. The van der Waals surface area contributed by atoms with Crippen molar-refractivity contribution in [2.24, 2.45) is 0 Å². The van der Waals surface area contributed by atoms with Crippen molar-refractivity contribution < 1.29 is 18.8 Å². The molecule has 0 atom stereocenters. The molecule has 1 N–H and O–H groups in total. The minimum Gasteiger partial charge on any atom is -0.494 e. The number of aromatic nitrogens is 1. The van der Waals surface area contributed by atoms with Crippen LogP contribution in [0.4, 0.5) is 9.52 Å². The van der Waals surface area contributed by atoms with E-state index in [0.29, 0.717) is 23.8 Å². The molecule has 27 heavy (non-hydrogen) atoms. The van der Waals surface area contributed by atoms with Gasteiger partial charge < -0.3 is 9.64 Å². The lowest BCUT2D eigenvalue weighted by Gasteiger charge is -2.20. The van der Waals surface area contributed by atoms with Gasteiger partial charge in [-0.05, 0) is 49.4 Å². The topological polar surface area (TPSA) is 46.9 Å². The number of likely N-dealkylation sites (N-methyl/N-ethyl adjacent to an activating group) is 1. The molecule has 0 radical (unpaired) electrons. The van der Waals surface area contributed by atoms with Crippen LogP contribution in [-0.2, 0) is 0 Å². The first-order valence-corrected chi connectivity index (χ1v) is 9.69. The third-order valence-electron chi connectivity index (χ3n) is 4.06. The van der Waals surface area contributed by atoms with Gasteiger partial charge in [0.1, 0.15) is 11.6 Å². The Balaban J connectivity index is 1.95. The molecule has 0 spiro atoms. The number of ether oxygens (including phenoxy) is 1. The van der Waals surface area contributed by atoms with Crippen molar-refractivity contribution in [3.8, 4) is 5.75 Å². The van der Waals surface area contributed by atoms with Crippen LogP contribution < -0.4 is 14.5 Å². The highest BCUT2D eigenvalue weighted by Gasteiger charge is 2.22. The lowest BCUT2D eigenvalue weighted by atomic mass is 10.2. The number of carbonyl (C=O) groups is 1. The summed E-state index contributed by atoms with van der Waals surface area (Å²) in [5.41, 5.74) is 1.27. The van der Waals surface area contributed by atoms with E-state index >= 15 is 0 Å². The number of hydrogen-bond acceptors (Lipinski definition) is 4. The zero-order valence-corrected chi connectivity index (χ0v) is 16.5. The quantitative estimate of drug-likeness (QED) is 0.677. The summed E-state index contributed by atoms with van der Waals surface area (Å²) < 4.78 is 19.7. The molecule has 3 rings (SSSR count). The number of hydrogen-bond donors (Lipinski definition) is 1. The van der Waals surface area contributed by atoms with Gasteiger partial charge in [-0.25, -0.2) is 9.37 Å². The van der Waals surface area contributed by atoms with Gasteiger partial charge in [0.25, 0.3) is 5.91 Å². The van der Waals surface area contributed by atoms with Gasteiger partial charge in [-0.1, -0.05) is 11.3 Å². The fourth-order valence-electron chi connectivity index (χ4n) is 2.63. The monoisotopic (exact) mass is 388 g/mol. The number of benzene rings is 2. The second-order valence-corrected chi connectivity index (χ2v) is 7.49. The van der Waals surface area contributed by atoms with Crippen molar-refractivity contribution in [3.63, 3.8) is 0 Å². The molecule has 1 amide bonds. The maximum absolute atomic E-state index is 13.2. The third kappa shape index (κ3) is 4.61. The zero-order valence-electron chi connectivity index (χ0n) is 15.7. The molecule has 3 aromatic rings. The Labute approximate surface area is 162 Å². The molecule has 7 heteroatoms. The standard InChI is InChI=1S/C20H22FN3O2S/c1-4-26-16-9-10-17-18(13-16)27-20(22-17)24(12-11-23(2)3)19(25)14-5-7-15(21)8-6-14/h5-10,13H,4,11-12H2,1-3H3/p+1. The smallest absolute Gasteiger partial charge is 0.260 e. The Bertz CT molecular complexity index is 925. The highest BCUT2D eigenvalue weighted by atomic mass is 32.1. The van der Waals surface area contributed by atoms with Crippen LogP contribution in [0.2, 0.25) is 0 Å². The summed E-state index contributed by atoms with van der Waals surface area (Å²) in [6.07, 6.45) is 0. The SMILES string of the molecule is CCOc1ccc2nc(N(CC[NH+](C)C)C(=O)c3ccc(F)cc3)sc2c1. The molecule has 0 fully saturated rings. The molecule has 142 valence electrons. The number of nitrogens with one attached hydrogen (secondary N) is 1. The van der Waals surface area contributed by atoms with Crippen LogP contribution >= 0.6 is 11.3 Å². The normalized spacial score (nSPS) is 11.1. The Morgan fingerprint density at radius 1 is 1.22 bits per heavy atom. The van der Waals surface area contributed by atoms with E-state index in [1.807, 2.05) is 39.2 Å². The van der Waals surface area contributed by atoms with Gasteiger partial charge in [0.15, 0.2) is 5.13 Å². The van der Waals surface area contributed by atoms with Crippen molar-refractivity contribution in [1.82, 2.24) is 4.98 Å². The summed E-state index contributed by atoms with van der Waals surface area (Å²) in [7, 11) is 4.07. The average molecular weight is 388 g/mol. The van der Waals surface area contributed by atoms with Gasteiger partial charge in [0.05, 0.1) is 44.0 Å². The second kappa shape index (κ2) is 8.45. The van der Waals surface area contributed by atoms with Crippen LogP contribution in [0.3, 0.4) is 0 Å². The number of amides is 1. The van der Waals surface area contributed by atoms with Crippen LogP contribution in [0.25, 0.3) is 10.2 Å². The first-order valence-electron chi connectivity index (χ1n) is 8.87. The minimum absolute atomic E-state index is 0.180. The van der Waals surface area contributed by atoms with E-state index in [1.165, 1.54) is 40.5 Å². The van der Waals surface area contributed by atoms with E-state index in [9.17, 15) is 9.18 Å². The molecule has 0 aliphatic heterocycles. The van der Waals surface area contributed by atoms with Crippen molar-refractivity contribution in [1.29, 1.82) is 0 Å². The molecule has 0 saturated heterocycles. The highest BCUT2D eigenvalue weighted by molar-refractivity contribution is 7.22. The molecular formula is C20H23FN3O2S+. The van der Waals surface area contributed by atoms with E-state index in [4.69, 9.17) is 4.74 Å². The van der Waals surface area contributed by atoms with Gasteiger partial charge in [0, 0.05) is 5.56 Å². The number of fused-ring (bicyclic) bond motifs is 1. The van der Waals surface area contributed by atoms with E-state index in [2.05, 4.69) is 4.98 Å². The number of nitrogens with zero attached hydrogens (tertiary/aromatic N) is 2. The van der Waals surface area contributed by atoms with Gasteiger partial charge in [-0.15, -0.1) is 0 Å². The minimum atomic E-state index is -0.362. The van der Waals surface area contributed by atoms with Crippen molar-refractivity contribution in [3.05, 3.63) is 53.8 Å². The lowest BCUT2D eigenvalue weighted by Crippen LogP contribution is -3.06. The molecular weight excluding hydrogens is 365 g/mol. The maximum atomic E-state index is 13.2. The van der Waals surface area contributed by atoms with E-state index in [1.54, 1.807) is 4.90 Å². The third-order valence-corrected chi connectivity index (χ3v) is 5.10. The molecule has 0 saturated carbocycles. The summed E-state index contributed by atoms with van der Waals surface area (Å²) in [6.45, 7) is 3.83. The van der Waals surface area contributed by atoms with Crippen molar-refractivity contribution in [2.75, 3.05) is 38.7 Å². The van der Waals surface area contributed by atoms with E-state index in [0.717, 1.165) is 22.5 Å². The van der Waals surface area contributed by atoms with Gasteiger partial charge in [0.2, 0.25) is 0 Å². The summed E-state index contributed by atoms with van der Waals surface area (Å²) in [6, 6.07) is 11.3. The Morgan fingerprint density at radius 3 is 2.63 bits per heavy atom. The Morgan fingerprint density at radius 2 is 1.96 bits per heavy atom. The van der Waals surface area contributed by atoms with Gasteiger partial charge >= 0.3 is 0 Å². The van der Waals surface area contributed by atoms with Crippen LogP contribution in [0, 0.1) is 5.82 Å². The fraction of sp³-hybridized carbons (Fsp3) is 0.300. The lowest BCUT2D eigenvalue weighted by molar-refractivity contribution is -0.856. The van der Waals surface area contributed by atoms with Gasteiger partial charge in [-0.3, -0.25) is 9.69 Å². The Kier molecular flexibility index (Phi) is 6.03. The van der Waals surface area contributed by atoms with Crippen LogP contribution in [0.1, 0.15) is 17.3 Å². The maximum Gasteiger partial charge on any atom is 0.260 e. The summed E-state index contributed by atoms with van der Waals surface area (Å²) in [4.78, 5) is 20.6. The van der Waals surface area contributed by atoms with Crippen LogP contribution in [0.5, 0.6) is 5.75 Å². The first kappa shape index (κ1) is 19.3. The highest BCUT2D eigenvalue weighted by Crippen LogP contribution is 2.32. The molecule has 2 aromatic carbocycles. The van der Waals surface area contributed by atoms with Crippen LogP contribution in [0.15, 0.2) is 42.5 Å². The number of thiazole rings is 1. The molecule has 1 aromatic heterocycles. The number of rotatable bonds is 7. The number of carbonyl (C=O) groups excluding carboxylic acids is 1. The Hall–Kier alpha value is -2.51. The first-order chi connectivity index (χ1) is 13.0. The predicted octanol–water partition coefficient (Wildman–Crippen LogP) is 2.63. The predicted molar refractivity (Wildman–Crippen MR) is 107 cm³/mol.